The van der Waals surface area contributed by atoms with E-state index in [9.17, 15) is 0 Å². The summed E-state index contributed by atoms with van der Waals surface area (Å²) in [6.45, 7) is 9.71. The van der Waals surface area contributed by atoms with Gasteiger partial charge in [-0.15, -0.1) is 0 Å². The van der Waals surface area contributed by atoms with E-state index in [4.69, 9.17) is 9.53 Å². The Labute approximate surface area is 242 Å². The third-order valence-electron chi connectivity index (χ3n) is 7.97. The monoisotopic (exact) mass is 550 g/mol. The van der Waals surface area contributed by atoms with Crippen molar-refractivity contribution in [2.75, 3.05) is 6.61 Å². The largest absolute Gasteiger partial charge is 0.405 e. The van der Waals surface area contributed by atoms with Gasteiger partial charge in [0.15, 0.2) is 0 Å². The SMILES string of the molecule is CC(CCC/C=C\CCCCCCCCCCCCCO)O[Si](c1ccccc1)(c1ccccc1)C(C)(C)C. The Balaban J connectivity index is 1.69. The van der Waals surface area contributed by atoms with Gasteiger partial charge in [0.1, 0.15) is 0 Å². The minimum Gasteiger partial charge on any atom is -0.405 e. The maximum Gasteiger partial charge on any atom is 0.261 e. The molecule has 0 amide bonds. The van der Waals surface area contributed by atoms with Crippen LogP contribution in [0.3, 0.4) is 0 Å². The van der Waals surface area contributed by atoms with Gasteiger partial charge in [0, 0.05) is 12.7 Å². The van der Waals surface area contributed by atoms with Crippen molar-refractivity contribution in [3.8, 4) is 0 Å². The highest BCUT2D eigenvalue weighted by molar-refractivity contribution is 6.99. The van der Waals surface area contributed by atoms with Crippen LogP contribution in [0.1, 0.15) is 124 Å². The molecule has 0 heterocycles. The fourth-order valence-electron chi connectivity index (χ4n) is 5.78. The molecule has 2 aromatic carbocycles. The molecule has 1 atom stereocenters. The summed E-state index contributed by atoms with van der Waals surface area (Å²) in [4.78, 5) is 0. The molecule has 0 spiro atoms. The molecule has 0 aliphatic rings. The molecule has 0 saturated carbocycles. The van der Waals surface area contributed by atoms with Crippen LogP contribution in [-0.2, 0) is 4.43 Å². The second kappa shape index (κ2) is 19.4. The fourth-order valence-corrected chi connectivity index (χ4v) is 10.5. The lowest BCUT2D eigenvalue weighted by Gasteiger charge is -2.44. The molecule has 39 heavy (non-hydrogen) atoms. The fraction of sp³-hybridized carbons (Fsp3) is 0.611. The summed E-state index contributed by atoms with van der Waals surface area (Å²) in [7, 11) is -2.45. The molecule has 3 heteroatoms. The zero-order chi connectivity index (χ0) is 28.2. The van der Waals surface area contributed by atoms with Crippen molar-refractivity contribution >= 4 is 18.7 Å². The van der Waals surface area contributed by atoms with E-state index in [2.05, 4.69) is 101 Å². The number of aliphatic hydroxyl groups is 1. The molecule has 0 aromatic heterocycles. The average Bonchev–Trinajstić information content (AvgIpc) is 2.93. The standard InChI is InChI=1S/C36H58O2Si/c1-33(27-21-17-15-13-11-9-7-5-6-8-10-12-14-16-18-26-32-37)38-39(36(2,3)4,34-28-22-19-23-29-34)35-30-24-20-25-31-35/h13,15,19-20,22-25,28-31,33,37H,5-12,14,16-18,21,26-27,32H2,1-4H3/b15-13-. The molecule has 0 saturated heterocycles. The topological polar surface area (TPSA) is 29.5 Å². The number of unbranched alkanes of at least 4 members (excludes halogenated alkanes) is 12. The van der Waals surface area contributed by atoms with E-state index in [1.54, 1.807) is 0 Å². The molecule has 0 aliphatic heterocycles. The number of aliphatic hydroxyl groups excluding tert-OH is 1. The third-order valence-corrected chi connectivity index (χ3v) is 13.1. The van der Waals surface area contributed by atoms with Gasteiger partial charge in [0.2, 0.25) is 0 Å². The molecule has 1 unspecified atom stereocenters. The summed E-state index contributed by atoms with van der Waals surface area (Å²) in [6, 6.07) is 22.0. The molecule has 2 rings (SSSR count). The van der Waals surface area contributed by atoms with Crippen molar-refractivity contribution in [3.05, 3.63) is 72.8 Å². The molecule has 2 nitrogen and oxygen atoms in total. The first-order valence-corrected chi connectivity index (χ1v) is 17.9. The molecule has 0 aliphatic carbocycles. The summed E-state index contributed by atoms with van der Waals surface area (Å²) < 4.78 is 7.21. The summed E-state index contributed by atoms with van der Waals surface area (Å²) >= 11 is 0. The first-order chi connectivity index (χ1) is 18.9. The van der Waals surface area contributed by atoms with E-state index in [0.717, 1.165) is 19.3 Å². The van der Waals surface area contributed by atoms with Gasteiger partial charge >= 0.3 is 0 Å². The minimum absolute atomic E-state index is 0.0322. The Morgan fingerprint density at radius 3 is 1.49 bits per heavy atom. The van der Waals surface area contributed by atoms with Crippen LogP contribution in [0.15, 0.2) is 72.8 Å². The van der Waals surface area contributed by atoms with E-state index in [1.165, 1.54) is 87.4 Å². The Kier molecular flexibility index (Phi) is 16.7. The van der Waals surface area contributed by atoms with E-state index in [0.29, 0.717) is 6.61 Å². The second-order valence-corrected chi connectivity index (χ2v) is 16.6. The van der Waals surface area contributed by atoms with Crippen LogP contribution in [0, 0.1) is 0 Å². The van der Waals surface area contributed by atoms with Crippen LogP contribution < -0.4 is 10.4 Å². The van der Waals surface area contributed by atoms with E-state index in [-0.39, 0.29) is 11.1 Å². The predicted octanol–water partition coefficient (Wildman–Crippen LogP) is 9.35. The van der Waals surface area contributed by atoms with Crippen molar-refractivity contribution < 1.29 is 9.53 Å². The molecule has 0 fully saturated rings. The van der Waals surface area contributed by atoms with E-state index >= 15 is 0 Å². The quantitative estimate of drug-likeness (QED) is 0.0953. The molecule has 0 bridgehead atoms. The predicted molar refractivity (Wildman–Crippen MR) is 174 cm³/mol. The Hall–Kier alpha value is -1.68. The molecule has 1 N–H and O–H groups in total. The maximum absolute atomic E-state index is 8.82. The number of hydrogen-bond donors (Lipinski definition) is 1. The zero-order valence-corrected chi connectivity index (χ0v) is 26.7. The highest BCUT2D eigenvalue weighted by atomic mass is 28.4. The number of rotatable bonds is 21. The first kappa shape index (κ1) is 33.5. The average molecular weight is 551 g/mol. The van der Waals surface area contributed by atoms with Crippen LogP contribution >= 0.6 is 0 Å². The van der Waals surface area contributed by atoms with Crippen molar-refractivity contribution in [1.82, 2.24) is 0 Å². The lowest BCUT2D eigenvalue weighted by molar-refractivity contribution is 0.194. The van der Waals surface area contributed by atoms with Gasteiger partial charge in [-0.2, -0.15) is 0 Å². The van der Waals surface area contributed by atoms with Crippen molar-refractivity contribution in [1.29, 1.82) is 0 Å². The molecular weight excluding hydrogens is 492 g/mol. The van der Waals surface area contributed by atoms with Crippen LogP contribution in [0.25, 0.3) is 0 Å². The van der Waals surface area contributed by atoms with Gasteiger partial charge in [-0.25, -0.2) is 0 Å². The maximum atomic E-state index is 8.82. The normalized spacial score (nSPS) is 13.3. The third kappa shape index (κ3) is 12.2. The van der Waals surface area contributed by atoms with Crippen molar-refractivity contribution in [3.63, 3.8) is 0 Å². The number of allylic oxidation sites excluding steroid dienone is 2. The summed E-state index contributed by atoms with van der Waals surface area (Å²) in [5, 5.41) is 11.6. The van der Waals surface area contributed by atoms with Crippen LogP contribution in [0.4, 0.5) is 0 Å². The zero-order valence-electron chi connectivity index (χ0n) is 25.7. The Morgan fingerprint density at radius 2 is 1.05 bits per heavy atom. The second-order valence-electron chi connectivity index (χ2n) is 12.4. The van der Waals surface area contributed by atoms with Crippen LogP contribution in [0.5, 0.6) is 0 Å². The molecular formula is C36H58O2Si. The first-order valence-electron chi connectivity index (χ1n) is 16.0. The van der Waals surface area contributed by atoms with Gasteiger partial charge < -0.3 is 9.53 Å². The minimum atomic E-state index is -2.45. The van der Waals surface area contributed by atoms with Crippen molar-refractivity contribution in [2.24, 2.45) is 0 Å². The lowest BCUT2D eigenvalue weighted by Crippen LogP contribution is -2.67. The molecule has 0 radical (unpaired) electrons. The highest BCUT2D eigenvalue weighted by Crippen LogP contribution is 2.37. The smallest absolute Gasteiger partial charge is 0.261 e. The van der Waals surface area contributed by atoms with Gasteiger partial charge in [0.25, 0.3) is 8.32 Å². The number of benzene rings is 2. The van der Waals surface area contributed by atoms with Crippen molar-refractivity contribution in [2.45, 2.75) is 135 Å². The Bertz CT molecular complexity index is 832. The summed E-state index contributed by atoms with van der Waals surface area (Å²) in [6.07, 6.45) is 24.1. The highest BCUT2D eigenvalue weighted by Gasteiger charge is 2.50. The van der Waals surface area contributed by atoms with Crippen LogP contribution in [0.2, 0.25) is 5.04 Å². The van der Waals surface area contributed by atoms with E-state index in [1.807, 2.05) is 0 Å². The van der Waals surface area contributed by atoms with Gasteiger partial charge in [-0.05, 0) is 60.9 Å². The molecule has 218 valence electrons. The summed E-state index contributed by atoms with van der Waals surface area (Å²) in [5.74, 6) is 0. The van der Waals surface area contributed by atoms with Gasteiger partial charge in [-0.1, -0.05) is 151 Å². The Morgan fingerprint density at radius 1 is 0.641 bits per heavy atom. The molecule has 2 aromatic rings. The lowest BCUT2D eigenvalue weighted by atomic mass is 10.0. The van der Waals surface area contributed by atoms with E-state index < -0.39 is 8.32 Å². The number of hydrogen-bond acceptors (Lipinski definition) is 2. The van der Waals surface area contributed by atoms with Gasteiger partial charge in [-0.3, -0.25) is 0 Å². The van der Waals surface area contributed by atoms with Crippen LogP contribution in [-0.4, -0.2) is 26.1 Å². The van der Waals surface area contributed by atoms with Gasteiger partial charge in [0.05, 0.1) is 0 Å². The summed E-state index contributed by atoms with van der Waals surface area (Å²) in [5.41, 5.74) is 0.